The Morgan fingerprint density at radius 3 is 2.45 bits per heavy atom. The molecule has 1 fully saturated rings. The minimum Gasteiger partial charge on any atom is -0.351 e. The quantitative estimate of drug-likeness (QED) is 0.463. The van der Waals surface area contributed by atoms with Gasteiger partial charge < -0.3 is 14.8 Å². The van der Waals surface area contributed by atoms with Gasteiger partial charge in [-0.25, -0.2) is 0 Å². The summed E-state index contributed by atoms with van der Waals surface area (Å²) in [5, 5.41) is 4.24. The molecule has 1 aliphatic heterocycles. The van der Waals surface area contributed by atoms with Crippen LogP contribution in [0.4, 0.5) is 5.69 Å². The van der Waals surface area contributed by atoms with Crippen molar-refractivity contribution >= 4 is 23.0 Å². The van der Waals surface area contributed by atoms with Crippen LogP contribution >= 0.6 is 12.2 Å². The molecule has 6 heteroatoms. The van der Waals surface area contributed by atoms with Crippen molar-refractivity contribution in [3.63, 3.8) is 0 Å². The van der Waals surface area contributed by atoms with Crippen molar-refractivity contribution in [1.29, 1.82) is 0 Å². The van der Waals surface area contributed by atoms with Crippen molar-refractivity contribution in [3.05, 3.63) is 108 Å². The van der Waals surface area contributed by atoms with Crippen LogP contribution in [0.3, 0.4) is 0 Å². The predicted octanol–water partition coefficient (Wildman–Crippen LogP) is 5.06. The fourth-order valence-corrected chi connectivity index (χ4v) is 4.53. The molecule has 154 valence electrons. The highest BCUT2D eigenvalue weighted by Gasteiger charge is 2.42. The fraction of sp³-hybridized carbons (Fsp3) is 0.160. The van der Waals surface area contributed by atoms with E-state index in [4.69, 9.17) is 12.2 Å². The molecule has 0 unspecified atom stereocenters. The van der Waals surface area contributed by atoms with Crippen LogP contribution in [0, 0.1) is 13.8 Å². The molecule has 3 aromatic heterocycles. The monoisotopic (exact) mass is 425 g/mol. The lowest BCUT2D eigenvalue weighted by Gasteiger charge is -2.29. The number of nitrogens with one attached hydrogen (secondary N) is 1. The Morgan fingerprint density at radius 2 is 1.71 bits per heavy atom. The highest BCUT2D eigenvalue weighted by Crippen LogP contribution is 2.42. The second-order valence-corrected chi connectivity index (χ2v) is 8.16. The normalized spacial score (nSPS) is 18.3. The number of benzene rings is 1. The molecule has 1 aliphatic rings. The lowest BCUT2D eigenvalue weighted by Crippen LogP contribution is -2.30. The smallest absolute Gasteiger partial charge is 0.174 e. The van der Waals surface area contributed by atoms with E-state index < -0.39 is 0 Å². The SMILES string of the molecule is Cc1ccc(N2C(=S)N[C@H](c3ccccn3)[C@@H]2c2cccn2-c2ccncc2)cc1C. The first-order valence-corrected chi connectivity index (χ1v) is 10.7. The van der Waals surface area contributed by atoms with Gasteiger partial charge in [-0.05, 0) is 85.7 Å². The minimum atomic E-state index is -0.0780. The third-order valence-corrected chi connectivity index (χ3v) is 6.21. The second-order valence-electron chi connectivity index (χ2n) is 7.77. The van der Waals surface area contributed by atoms with E-state index in [9.17, 15) is 0 Å². The third-order valence-electron chi connectivity index (χ3n) is 5.89. The van der Waals surface area contributed by atoms with E-state index in [1.54, 1.807) is 0 Å². The van der Waals surface area contributed by atoms with Gasteiger partial charge in [0.15, 0.2) is 5.11 Å². The Balaban J connectivity index is 1.68. The molecule has 5 nitrogen and oxygen atoms in total. The molecule has 0 saturated carbocycles. The van der Waals surface area contributed by atoms with Crippen molar-refractivity contribution in [3.8, 4) is 5.69 Å². The van der Waals surface area contributed by atoms with Crippen LogP contribution in [-0.2, 0) is 0 Å². The van der Waals surface area contributed by atoms with Crippen LogP contribution in [0.25, 0.3) is 5.69 Å². The van der Waals surface area contributed by atoms with E-state index >= 15 is 0 Å². The number of hydrogen-bond acceptors (Lipinski definition) is 3. The zero-order valence-corrected chi connectivity index (χ0v) is 18.3. The maximum Gasteiger partial charge on any atom is 0.174 e. The molecular weight excluding hydrogens is 402 g/mol. The van der Waals surface area contributed by atoms with Gasteiger partial charge in [-0.2, -0.15) is 0 Å². The van der Waals surface area contributed by atoms with E-state index in [2.05, 4.69) is 81.2 Å². The maximum atomic E-state index is 5.85. The summed E-state index contributed by atoms with van der Waals surface area (Å²) in [6.07, 6.45) is 7.54. The maximum absolute atomic E-state index is 5.85. The van der Waals surface area contributed by atoms with E-state index in [0.29, 0.717) is 5.11 Å². The van der Waals surface area contributed by atoms with Crippen LogP contribution in [0.1, 0.15) is 34.6 Å². The van der Waals surface area contributed by atoms with E-state index in [-0.39, 0.29) is 12.1 Å². The van der Waals surface area contributed by atoms with Gasteiger partial charge in [0, 0.05) is 41.9 Å². The molecule has 4 aromatic rings. The molecule has 31 heavy (non-hydrogen) atoms. The van der Waals surface area contributed by atoms with Crippen molar-refractivity contribution in [2.24, 2.45) is 0 Å². The number of aromatic nitrogens is 3. The lowest BCUT2D eigenvalue weighted by molar-refractivity contribution is 0.549. The summed E-state index contributed by atoms with van der Waals surface area (Å²) in [5.74, 6) is 0. The summed E-state index contributed by atoms with van der Waals surface area (Å²) in [5.41, 5.74) is 6.74. The Morgan fingerprint density at radius 1 is 0.871 bits per heavy atom. The Hall–Kier alpha value is -3.51. The molecule has 5 rings (SSSR count). The van der Waals surface area contributed by atoms with Gasteiger partial charge in [-0.1, -0.05) is 12.1 Å². The summed E-state index contributed by atoms with van der Waals surface area (Å²) in [6.45, 7) is 4.26. The summed E-state index contributed by atoms with van der Waals surface area (Å²) in [7, 11) is 0. The number of thiocarbonyl (C=S) groups is 1. The third kappa shape index (κ3) is 3.49. The summed E-state index contributed by atoms with van der Waals surface area (Å²) < 4.78 is 2.20. The lowest BCUT2D eigenvalue weighted by atomic mass is 10.00. The highest BCUT2D eigenvalue weighted by molar-refractivity contribution is 7.80. The number of anilines is 1. The standard InChI is InChI=1S/C25H23N5S/c1-17-8-9-20(16-18(17)2)30-24(23(28-25(30)31)21-6-3-4-12-27-21)22-7-5-15-29(22)19-10-13-26-14-11-19/h3-16,23-24H,1-2H3,(H,28,31)/t23-,24+/m1/s1. The predicted molar refractivity (Wildman–Crippen MR) is 127 cm³/mol. The van der Waals surface area contributed by atoms with Gasteiger partial charge in [-0.3, -0.25) is 9.97 Å². The summed E-state index contributed by atoms with van der Waals surface area (Å²) in [6, 6.07) is 20.6. The van der Waals surface area contributed by atoms with Gasteiger partial charge in [0.2, 0.25) is 0 Å². The van der Waals surface area contributed by atoms with E-state index in [0.717, 1.165) is 22.8 Å². The number of aryl methyl sites for hydroxylation is 2. The van der Waals surface area contributed by atoms with Crippen molar-refractivity contribution in [2.75, 3.05) is 4.90 Å². The van der Waals surface area contributed by atoms with Gasteiger partial charge in [0.1, 0.15) is 6.04 Å². The van der Waals surface area contributed by atoms with Gasteiger partial charge >= 0.3 is 0 Å². The van der Waals surface area contributed by atoms with Gasteiger partial charge in [-0.15, -0.1) is 0 Å². The molecule has 1 saturated heterocycles. The number of nitrogens with zero attached hydrogens (tertiary/aromatic N) is 4. The molecule has 0 radical (unpaired) electrons. The molecule has 1 N–H and O–H groups in total. The minimum absolute atomic E-state index is 0.0623. The van der Waals surface area contributed by atoms with Gasteiger partial charge in [0.05, 0.1) is 11.7 Å². The van der Waals surface area contributed by atoms with Gasteiger partial charge in [0.25, 0.3) is 0 Å². The van der Waals surface area contributed by atoms with Crippen molar-refractivity contribution in [2.45, 2.75) is 25.9 Å². The summed E-state index contributed by atoms with van der Waals surface area (Å²) >= 11 is 5.85. The topological polar surface area (TPSA) is 46.0 Å². The van der Waals surface area contributed by atoms with Crippen LogP contribution in [0.15, 0.2) is 85.5 Å². The molecule has 0 amide bonds. The van der Waals surface area contributed by atoms with Crippen molar-refractivity contribution < 1.29 is 0 Å². The second kappa shape index (κ2) is 7.96. The molecule has 2 atom stereocenters. The number of rotatable bonds is 4. The molecule has 0 spiro atoms. The molecule has 4 heterocycles. The number of pyridine rings is 2. The first-order chi connectivity index (χ1) is 15.1. The van der Waals surface area contributed by atoms with Crippen LogP contribution in [0.2, 0.25) is 0 Å². The van der Waals surface area contributed by atoms with E-state index in [1.165, 1.54) is 11.1 Å². The van der Waals surface area contributed by atoms with Crippen LogP contribution in [0.5, 0.6) is 0 Å². The fourth-order valence-electron chi connectivity index (χ4n) is 4.18. The Kier molecular flexibility index (Phi) is 5.00. The average molecular weight is 426 g/mol. The first-order valence-electron chi connectivity index (χ1n) is 10.3. The van der Waals surface area contributed by atoms with Crippen LogP contribution in [-0.4, -0.2) is 19.6 Å². The first kappa shape index (κ1) is 19.5. The average Bonchev–Trinajstić information content (AvgIpc) is 3.41. The largest absolute Gasteiger partial charge is 0.351 e. The Labute approximate surface area is 187 Å². The van der Waals surface area contributed by atoms with Crippen molar-refractivity contribution in [1.82, 2.24) is 19.9 Å². The highest BCUT2D eigenvalue weighted by atomic mass is 32.1. The number of hydrogen-bond donors (Lipinski definition) is 1. The molecule has 1 aromatic carbocycles. The van der Waals surface area contributed by atoms with Crippen LogP contribution < -0.4 is 10.2 Å². The summed E-state index contributed by atoms with van der Waals surface area (Å²) in [4.78, 5) is 11.0. The van der Waals surface area contributed by atoms with E-state index in [1.807, 2.05) is 42.9 Å². The zero-order valence-electron chi connectivity index (χ0n) is 17.4. The zero-order chi connectivity index (χ0) is 21.4. The molecule has 0 aliphatic carbocycles. The Bertz CT molecular complexity index is 1220. The molecule has 0 bridgehead atoms. The molecular formula is C25H23N5S.